The van der Waals surface area contributed by atoms with Gasteiger partial charge < -0.3 is 0 Å². The van der Waals surface area contributed by atoms with Crippen LogP contribution in [0.5, 0.6) is 0 Å². The normalized spacial score (nSPS) is 13.7. The van der Waals surface area contributed by atoms with E-state index in [1.807, 2.05) is 0 Å². The zero-order valence-corrected chi connectivity index (χ0v) is 7.72. The Morgan fingerprint density at radius 2 is 1.90 bits per heavy atom. The molecule has 60 valence electrons. The van der Waals surface area contributed by atoms with Crippen molar-refractivity contribution in [3.8, 4) is 0 Å². The summed E-state index contributed by atoms with van der Waals surface area (Å²) in [6.45, 7) is 10.6. The molecule has 1 unspecified atom stereocenters. The highest BCUT2D eigenvalue weighted by Gasteiger charge is 2.18. The maximum Gasteiger partial charge on any atom is 0.154 e. The molecule has 0 aliphatic heterocycles. The lowest BCUT2D eigenvalue weighted by Gasteiger charge is -2.14. The molecule has 0 heterocycles. The molecule has 0 aliphatic rings. The average molecular weight is 142 g/mol. The van der Waals surface area contributed by atoms with Crippen LogP contribution in [0.4, 0.5) is 0 Å². The van der Waals surface area contributed by atoms with Crippen LogP contribution in [0.3, 0.4) is 0 Å². The summed E-state index contributed by atoms with van der Waals surface area (Å²) in [5.74, 6) is 0.724. The van der Waals surface area contributed by atoms with Crippen molar-refractivity contribution in [1.82, 2.24) is 0 Å². The van der Waals surface area contributed by atoms with Gasteiger partial charge in [-0.1, -0.05) is 20.8 Å². The molecule has 0 spiro atoms. The van der Waals surface area contributed by atoms with E-state index >= 15 is 0 Å². The van der Waals surface area contributed by atoms with Crippen LogP contribution in [-0.4, -0.2) is 24.4 Å². The third-order valence-corrected chi connectivity index (χ3v) is 1.92. The molecule has 0 aromatic rings. The molecule has 1 atom stereocenters. The highest BCUT2D eigenvalue weighted by Crippen LogP contribution is 2.10. The molecular formula is C9H20N+. The maximum absolute atomic E-state index is 3.91. The predicted octanol–water partition coefficient (Wildman–Crippen LogP) is 2.15. The van der Waals surface area contributed by atoms with Crippen LogP contribution in [0, 0.1) is 5.92 Å². The van der Waals surface area contributed by atoms with Gasteiger partial charge in [0.25, 0.3) is 0 Å². The van der Waals surface area contributed by atoms with Crippen LogP contribution in [0.15, 0.2) is 0 Å². The smallest absolute Gasteiger partial charge is 0.154 e. The lowest BCUT2D eigenvalue weighted by atomic mass is 10.00. The monoisotopic (exact) mass is 142 g/mol. The average Bonchev–Trinajstić information content (AvgIpc) is 1.81. The van der Waals surface area contributed by atoms with E-state index in [0.717, 1.165) is 5.92 Å². The summed E-state index contributed by atoms with van der Waals surface area (Å²) in [6.07, 6.45) is 2.51. The number of hydrogen-bond donors (Lipinski definition) is 0. The maximum atomic E-state index is 3.91. The lowest BCUT2D eigenvalue weighted by Crippen LogP contribution is -2.26. The van der Waals surface area contributed by atoms with Gasteiger partial charge in [-0.2, -0.15) is 0 Å². The van der Waals surface area contributed by atoms with Crippen LogP contribution in [0.25, 0.3) is 0 Å². The molecule has 0 radical (unpaired) electrons. The van der Waals surface area contributed by atoms with E-state index in [4.69, 9.17) is 0 Å². The van der Waals surface area contributed by atoms with Gasteiger partial charge in [0.2, 0.25) is 0 Å². The molecule has 0 amide bonds. The van der Waals surface area contributed by atoms with Crippen molar-refractivity contribution in [3.63, 3.8) is 0 Å². The van der Waals surface area contributed by atoms with Crippen molar-refractivity contribution in [2.75, 3.05) is 7.05 Å². The topological polar surface area (TPSA) is 3.01 Å². The number of nitrogens with zero attached hydrogens (tertiary/aromatic N) is 1. The van der Waals surface area contributed by atoms with Gasteiger partial charge in [0, 0.05) is 12.3 Å². The quantitative estimate of drug-likeness (QED) is 0.418. The fraction of sp³-hybridized carbons (Fsp3) is 0.889. The molecule has 0 saturated carbocycles. The van der Waals surface area contributed by atoms with Crippen molar-refractivity contribution in [2.45, 2.75) is 39.7 Å². The zero-order valence-electron chi connectivity index (χ0n) is 7.72. The third kappa shape index (κ3) is 3.00. The Balaban J connectivity index is 3.85. The molecule has 0 fully saturated rings. The summed E-state index contributed by atoms with van der Waals surface area (Å²) in [5, 5.41) is 0. The largest absolute Gasteiger partial charge is 0.242 e. The Bertz CT molecular complexity index is 105. The highest BCUT2D eigenvalue weighted by molar-refractivity contribution is 5.14. The molecule has 0 N–H and O–H groups in total. The summed E-state index contributed by atoms with van der Waals surface area (Å²) in [6, 6.07) is 0.657. The second-order valence-electron chi connectivity index (χ2n) is 3.36. The SMILES string of the molecule is C=[N+](C)C(CCC)C(C)C. The Kier molecular flexibility index (Phi) is 4.33. The second kappa shape index (κ2) is 4.48. The highest BCUT2D eigenvalue weighted by atomic mass is 15.0. The molecular weight excluding hydrogens is 122 g/mol. The number of hydrogen-bond acceptors (Lipinski definition) is 0. The minimum Gasteiger partial charge on any atom is -0.242 e. The first kappa shape index (κ1) is 9.67. The van der Waals surface area contributed by atoms with E-state index in [2.05, 4.69) is 39.1 Å². The minimum absolute atomic E-state index is 0.657. The molecule has 0 aromatic carbocycles. The Morgan fingerprint density at radius 3 is 2.00 bits per heavy atom. The molecule has 1 nitrogen and oxygen atoms in total. The minimum atomic E-state index is 0.657. The van der Waals surface area contributed by atoms with Crippen LogP contribution < -0.4 is 0 Å². The second-order valence-corrected chi connectivity index (χ2v) is 3.36. The van der Waals surface area contributed by atoms with Crippen LogP contribution in [0.1, 0.15) is 33.6 Å². The van der Waals surface area contributed by atoms with Gasteiger partial charge in [-0.15, -0.1) is 0 Å². The Labute approximate surface area is 64.8 Å². The van der Waals surface area contributed by atoms with E-state index in [1.165, 1.54) is 12.8 Å². The van der Waals surface area contributed by atoms with Crippen molar-refractivity contribution in [3.05, 3.63) is 0 Å². The lowest BCUT2D eigenvalue weighted by molar-refractivity contribution is -0.539. The van der Waals surface area contributed by atoms with Gasteiger partial charge in [0.15, 0.2) is 6.04 Å². The van der Waals surface area contributed by atoms with E-state index in [1.54, 1.807) is 0 Å². The van der Waals surface area contributed by atoms with Gasteiger partial charge in [0.1, 0.15) is 13.8 Å². The van der Waals surface area contributed by atoms with Crippen LogP contribution in [0.2, 0.25) is 0 Å². The van der Waals surface area contributed by atoms with E-state index < -0.39 is 0 Å². The van der Waals surface area contributed by atoms with Crippen molar-refractivity contribution in [1.29, 1.82) is 0 Å². The first-order valence-electron chi connectivity index (χ1n) is 4.13. The van der Waals surface area contributed by atoms with Crippen LogP contribution in [-0.2, 0) is 0 Å². The molecule has 0 rings (SSSR count). The molecule has 1 heteroatoms. The molecule has 10 heavy (non-hydrogen) atoms. The van der Waals surface area contributed by atoms with Gasteiger partial charge in [0.05, 0.1) is 0 Å². The first-order valence-corrected chi connectivity index (χ1v) is 4.13. The summed E-state index contributed by atoms with van der Waals surface area (Å²) >= 11 is 0. The fourth-order valence-electron chi connectivity index (χ4n) is 1.36. The summed E-state index contributed by atoms with van der Waals surface area (Å²) < 4.78 is 2.08. The van der Waals surface area contributed by atoms with E-state index in [-0.39, 0.29) is 0 Å². The van der Waals surface area contributed by atoms with Crippen molar-refractivity contribution >= 4 is 6.72 Å². The Morgan fingerprint density at radius 1 is 1.40 bits per heavy atom. The summed E-state index contributed by atoms with van der Waals surface area (Å²) in [4.78, 5) is 0. The zero-order chi connectivity index (χ0) is 8.15. The summed E-state index contributed by atoms with van der Waals surface area (Å²) in [5.41, 5.74) is 0. The van der Waals surface area contributed by atoms with Gasteiger partial charge in [-0.05, 0) is 6.42 Å². The standard InChI is InChI=1S/C9H20N/c1-6-7-9(8(2)3)10(4)5/h8-9H,4,6-7H2,1-3,5H3/q+1. The molecule has 0 aliphatic carbocycles. The van der Waals surface area contributed by atoms with Gasteiger partial charge in [-0.3, -0.25) is 0 Å². The van der Waals surface area contributed by atoms with Gasteiger partial charge >= 0.3 is 0 Å². The molecule has 0 bridgehead atoms. The first-order chi connectivity index (χ1) is 4.59. The van der Waals surface area contributed by atoms with Crippen molar-refractivity contribution in [2.24, 2.45) is 5.92 Å². The number of rotatable bonds is 4. The summed E-state index contributed by atoms with van der Waals surface area (Å²) in [7, 11) is 2.06. The molecule has 0 saturated heterocycles. The van der Waals surface area contributed by atoms with E-state index in [9.17, 15) is 0 Å². The predicted molar refractivity (Wildman–Crippen MR) is 46.8 cm³/mol. The van der Waals surface area contributed by atoms with E-state index in [0.29, 0.717) is 6.04 Å². The fourth-order valence-corrected chi connectivity index (χ4v) is 1.36. The molecule has 0 aromatic heterocycles. The van der Waals surface area contributed by atoms with Crippen LogP contribution >= 0.6 is 0 Å². The Hall–Kier alpha value is -0.330. The van der Waals surface area contributed by atoms with Gasteiger partial charge in [-0.25, -0.2) is 4.58 Å². The van der Waals surface area contributed by atoms with Crippen molar-refractivity contribution < 1.29 is 4.58 Å². The third-order valence-electron chi connectivity index (χ3n) is 1.92.